The summed E-state index contributed by atoms with van der Waals surface area (Å²) in [5.41, 5.74) is 7.57. The van der Waals surface area contributed by atoms with E-state index < -0.39 is 5.91 Å². The molecule has 5 heteroatoms. The van der Waals surface area contributed by atoms with Crippen LogP contribution in [0.15, 0.2) is 48.5 Å². The molecule has 114 valence electrons. The Kier molecular flexibility index (Phi) is 5.14. The van der Waals surface area contributed by atoms with E-state index in [0.29, 0.717) is 17.9 Å². The fourth-order valence-electron chi connectivity index (χ4n) is 1.89. The van der Waals surface area contributed by atoms with Crippen LogP contribution in [0.25, 0.3) is 0 Å². The molecule has 0 saturated heterocycles. The van der Waals surface area contributed by atoms with Gasteiger partial charge in [-0.2, -0.15) is 0 Å². The van der Waals surface area contributed by atoms with Crippen molar-refractivity contribution in [2.45, 2.75) is 13.5 Å². The number of nitrogens with two attached hydrogens (primary N) is 1. The molecule has 2 rings (SSSR count). The Morgan fingerprint density at radius 1 is 1.14 bits per heavy atom. The zero-order chi connectivity index (χ0) is 15.9. The van der Waals surface area contributed by atoms with Crippen molar-refractivity contribution >= 4 is 11.8 Å². The van der Waals surface area contributed by atoms with Crippen LogP contribution in [0.1, 0.15) is 21.5 Å². The fourth-order valence-corrected chi connectivity index (χ4v) is 1.89. The Morgan fingerprint density at radius 2 is 1.86 bits per heavy atom. The van der Waals surface area contributed by atoms with E-state index in [0.717, 1.165) is 11.1 Å². The van der Waals surface area contributed by atoms with Crippen molar-refractivity contribution in [2.24, 2.45) is 5.73 Å². The van der Waals surface area contributed by atoms with E-state index in [-0.39, 0.29) is 12.5 Å². The van der Waals surface area contributed by atoms with Crippen molar-refractivity contribution in [1.29, 1.82) is 0 Å². The van der Waals surface area contributed by atoms with Crippen molar-refractivity contribution in [1.82, 2.24) is 5.32 Å². The number of carbonyl (C=O) groups excluding carboxylic acids is 2. The molecule has 0 unspecified atom stereocenters. The lowest BCUT2D eigenvalue weighted by molar-refractivity contribution is -0.123. The summed E-state index contributed by atoms with van der Waals surface area (Å²) in [7, 11) is 0. The Labute approximate surface area is 129 Å². The molecule has 0 spiro atoms. The standard InChI is InChI=1S/C17H18N2O3/c1-12-3-2-4-15(9-12)22-11-16(20)19-10-13-5-7-14(8-6-13)17(18)21/h2-9H,10-11H2,1H3,(H2,18,21)(H,19,20). The Balaban J connectivity index is 1.79. The number of hydrogen-bond acceptors (Lipinski definition) is 3. The van der Waals surface area contributed by atoms with E-state index in [9.17, 15) is 9.59 Å². The monoisotopic (exact) mass is 298 g/mol. The van der Waals surface area contributed by atoms with Gasteiger partial charge in [0.15, 0.2) is 6.61 Å². The number of primary amides is 1. The van der Waals surface area contributed by atoms with E-state index in [1.807, 2.05) is 31.2 Å². The smallest absolute Gasteiger partial charge is 0.258 e. The number of hydrogen-bond donors (Lipinski definition) is 2. The minimum absolute atomic E-state index is 0.0389. The van der Waals surface area contributed by atoms with Crippen LogP contribution in [0, 0.1) is 6.92 Å². The molecule has 0 saturated carbocycles. The third-order valence-electron chi connectivity index (χ3n) is 3.09. The summed E-state index contributed by atoms with van der Waals surface area (Å²) < 4.78 is 5.41. The number of benzene rings is 2. The van der Waals surface area contributed by atoms with Crippen molar-refractivity contribution in [3.8, 4) is 5.75 Å². The molecular formula is C17H18N2O3. The van der Waals surface area contributed by atoms with Crippen LogP contribution in [0.5, 0.6) is 5.75 Å². The summed E-state index contributed by atoms with van der Waals surface area (Å²) in [5.74, 6) is -0.0106. The molecular weight excluding hydrogens is 280 g/mol. The fraction of sp³-hybridized carbons (Fsp3) is 0.176. The van der Waals surface area contributed by atoms with E-state index in [2.05, 4.69) is 5.32 Å². The van der Waals surface area contributed by atoms with Crippen LogP contribution in [-0.4, -0.2) is 18.4 Å². The van der Waals surface area contributed by atoms with Crippen molar-refractivity contribution < 1.29 is 14.3 Å². The summed E-state index contributed by atoms with van der Waals surface area (Å²) in [4.78, 5) is 22.7. The lowest BCUT2D eigenvalue weighted by Gasteiger charge is -2.08. The van der Waals surface area contributed by atoms with Gasteiger partial charge in [0.25, 0.3) is 5.91 Å². The first-order valence-corrected chi connectivity index (χ1v) is 6.89. The normalized spacial score (nSPS) is 10.0. The molecule has 0 aromatic heterocycles. The molecule has 22 heavy (non-hydrogen) atoms. The van der Waals surface area contributed by atoms with E-state index in [1.54, 1.807) is 24.3 Å². The highest BCUT2D eigenvalue weighted by molar-refractivity contribution is 5.92. The summed E-state index contributed by atoms with van der Waals surface area (Å²) in [6, 6.07) is 14.3. The Hall–Kier alpha value is -2.82. The Morgan fingerprint density at radius 3 is 2.50 bits per heavy atom. The van der Waals surface area contributed by atoms with Gasteiger partial charge in [-0.05, 0) is 42.3 Å². The van der Waals surface area contributed by atoms with Crippen LogP contribution < -0.4 is 15.8 Å². The predicted molar refractivity (Wildman–Crippen MR) is 83.5 cm³/mol. The van der Waals surface area contributed by atoms with Gasteiger partial charge in [-0.3, -0.25) is 9.59 Å². The number of aryl methyl sites for hydroxylation is 1. The second kappa shape index (κ2) is 7.26. The van der Waals surface area contributed by atoms with Gasteiger partial charge in [0.1, 0.15) is 5.75 Å². The predicted octanol–water partition coefficient (Wildman–Crippen LogP) is 1.79. The zero-order valence-corrected chi connectivity index (χ0v) is 12.3. The first-order valence-electron chi connectivity index (χ1n) is 6.89. The molecule has 2 aromatic rings. The highest BCUT2D eigenvalue weighted by Crippen LogP contribution is 2.12. The van der Waals surface area contributed by atoms with Gasteiger partial charge in [-0.15, -0.1) is 0 Å². The van der Waals surface area contributed by atoms with E-state index >= 15 is 0 Å². The number of ether oxygens (including phenoxy) is 1. The maximum atomic E-state index is 11.7. The van der Waals surface area contributed by atoms with Gasteiger partial charge in [0, 0.05) is 12.1 Å². The summed E-state index contributed by atoms with van der Waals surface area (Å²) in [5, 5.41) is 2.75. The second-order valence-corrected chi connectivity index (χ2v) is 4.94. The van der Waals surface area contributed by atoms with Gasteiger partial charge < -0.3 is 15.8 Å². The highest BCUT2D eigenvalue weighted by Gasteiger charge is 2.04. The van der Waals surface area contributed by atoms with Crippen molar-refractivity contribution in [3.63, 3.8) is 0 Å². The lowest BCUT2D eigenvalue weighted by atomic mass is 10.1. The number of nitrogens with one attached hydrogen (secondary N) is 1. The molecule has 5 nitrogen and oxygen atoms in total. The van der Waals surface area contributed by atoms with Crippen LogP contribution in [0.3, 0.4) is 0 Å². The quantitative estimate of drug-likeness (QED) is 0.853. The van der Waals surface area contributed by atoms with Crippen LogP contribution >= 0.6 is 0 Å². The molecule has 3 N–H and O–H groups in total. The molecule has 0 aliphatic carbocycles. The summed E-state index contributed by atoms with van der Waals surface area (Å²) in [6.45, 7) is 2.29. The number of rotatable bonds is 6. The second-order valence-electron chi connectivity index (χ2n) is 4.94. The van der Waals surface area contributed by atoms with Crippen molar-refractivity contribution in [3.05, 3.63) is 65.2 Å². The van der Waals surface area contributed by atoms with Gasteiger partial charge in [0.2, 0.25) is 5.91 Å². The van der Waals surface area contributed by atoms with Gasteiger partial charge >= 0.3 is 0 Å². The molecule has 0 atom stereocenters. The van der Waals surface area contributed by atoms with Gasteiger partial charge in [0.05, 0.1) is 0 Å². The zero-order valence-electron chi connectivity index (χ0n) is 12.3. The minimum atomic E-state index is -0.470. The van der Waals surface area contributed by atoms with Crippen LogP contribution in [0.2, 0.25) is 0 Å². The SMILES string of the molecule is Cc1cccc(OCC(=O)NCc2ccc(C(N)=O)cc2)c1. The summed E-state index contributed by atoms with van der Waals surface area (Å²) in [6.07, 6.45) is 0. The third-order valence-corrected chi connectivity index (χ3v) is 3.09. The van der Waals surface area contributed by atoms with Gasteiger partial charge in [-0.25, -0.2) is 0 Å². The van der Waals surface area contributed by atoms with Gasteiger partial charge in [-0.1, -0.05) is 24.3 Å². The first kappa shape index (κ1) is 15.6. The van der Waals surface area contributed by atoms with E-state index in [1.165, 1.54) is 0 Å². The molecule has 0 radical (unpaired) electrons. The highest BCUT2D eigenvalue weighted by atomic mass is 16.5. The molecule has 2 amide bonds. The average molecular weight is 298 g/mol. The largest absolute Gasteiger partial charge is 0.484 e. The first-order chi connectivity index (χ1) is 10.5. The van der Waals surface area contributed by atoms with Crippen LogP contribution in [0.4, 0.5) is 0 Å². The number of carbonyl (C=O) groups is 2. The topological polar surface area (TPSA) is 81.4 Å². The maximum Gasteiger partial charge on any atom is 0.258 e. The molecule has 0 heterocycles. The van der Waals surface area contributed by atoms with E-state index in [4.69, 9.17) is 10.5 Å². The Bertz CT molecular complexity index is 666. The number of amides is 2. The van der Waals surface area contributed by atoms with Crippen molar-refractivity contribution in [2.75, 3.05) is 6.61 Å². The maximum absolute atomic E-state index is 11.7. The molecule has 2 aromatic carbocycles. The third kappa shape index (κ3) is 4.63. The average Bonchev–Trinajstić information content (AvgIpc) is 2.51. The van der Waals surface area contributed by atoms with Crippen LogP contribution in [-0.2, 0) is 11.3 Å². The lowest BCUT2D eigenvalue weighted by Crippen LogP contribution is -2.28. The molecule has 0 bridgehead atoms. The molecule has 0 fully saturated rings. The molecule has 0 aliphatic rings. The minimum Gasteiger partial charge on any atom is -0.484 e. The summed E-state index contributed by atoms with van der Waals surface area (Å²) >= 11 is 0. The molecule has 0 aliphatic heterocycles.